The van der Waals surface area contributed by atoms with Gasteiger partial charge in [0.05, 0.1) is 12.9 Å². The third-order valence-corrected chi connectivity index (χ3v) is 1.08. The molecule has 1 aromatic rings. The van der Waals surface area contributed by atoms with Crippen molar-refractivity contribution in [1.82, 2.24) is 0 Å². The Morgan fingerprint density at radius 2 is 2.13 bits per heavy atom. The second-order valence-corrected chi connectivity index (χ2v) is 2.21. The summed E-state index contributed by atoms with van der Waals surface area (Å²) in [4.78, 5) is 19.8. The van der Waals surface area contributed by atoms with Gasteiger partial charge in [-0.1, -0.05) is 0 Å². The highest BCUT2D eigenvalue weighted by atomic mass is 32.1. The SMILES string of the molecule is CCOC(C)=O.O=C(O)c1ccco1.S. The van der Waals surface area contributed by atoms with Crippen molar-refractivity contribution in [3.63, 3.8) is 0 Å². The van der Waals surface area contributed by atoms with Crippen molar-refractivity contribution < 1.29 is 23.8 Å². The molecule has 0 aliphatic carbocycles. The fourth-order valence-corrected chi connectivity index (χ4v) is 0.604. The minimum atomic E-state index is -1.03. The minimum Gasteiger partial charge on any atom is -0.475 e. The summed E-state index contributed by atoms with van der Waals surface area (Å²) in [5.74, 6) is -1.27. The van der Waals surface area contributed by atoms with Crippen molar-refractivity contribution in [1.29, 1.82) is 0 Å². The number of rotatable bonds is 2. The molecular weight excluding hydrogens is 220 g/mol. The average Bonchev–Trinajstić information content (AvgIpc) is 2.56. The van der Waals surface area contributed by atoms with Crippen LogP contribution in [0.15, 0.2) is 22.8 Å². The standard InChI is InChI=1S/C5H4O3.C4H8O2.H2S/c6-5(7)4-2-1-3-8-4;1-3-6-4(2)5;/h1-3H,(H,6,7);3H2,1-2H3;1H2. The molecule has 0 aliphatic rings. The maximum absolute atomic E-state index is 9.97. The van der Waals surface area contributed by atoms with E-state index in [1.54, 1.807) is 6.92 Å². The van der Waals surface area contributed by atoms with Crippen LogP contribution in [0.5, 0.6) is 0 Å². The second kappa shape index (κ2) is 9.14. The molecule has 1 rings (SSSR count). The highest BCUT2D eigenvalue weighted by Gasteiger charge is 2.01. The van der Waals surface area contributed by atoms with Crippen LogP contribution in [-0.4, -0.2) is 23.7 Å². The molecule has 1 N–H and O–H groups in total. The van der Waals surface area contributed by atoms with Crippen molar-refractivity contribution in [2.75, 3.05) is 6.61 Å². The topological polar surface area (TPSA) is 76.7 Å². The number of aromatic carboxylic acids is 1. The number of carbonyl (C=O) groups is 2. The largest absolute Gasteiger partial charge is 0.475 e. The number of carboxylic acid groups (broad SMARTS) is 1. The summed E-state index contributed by atoms with van der Waals surface area (Å²) in [6.45, 7) is 3.65. The molecule has 0 radical (unpaired) electrons. The maximum atomic E-state index is 9.97. The molecule has 0 aromatic carbocycles. The summed E-state index contributed by atoms with van der Waals surface area (Å²) >= 11 is 0. The predicted octanol–water partition coefficient (Wildman–Crippen LogP) is 1.66. The molecule has 0 fully saturated rings. The molecule has 0 saturated heterocycles. The molecule has 86 valence electrons. The highest BCUT2D eigenvalue weighted by molar-refractivity contribution is 7.59. The van der Waals surface area contributed by atoms with Gasteiger partial charge in [-0.25, -0.2) is 4.79 Å². The van der Waals surface area contributed by atoms with Crippen LogP contribution >= 0.6 is 13.5 Å². The van der Waals surface area contributed by atoms with Crippen LogP contribution in [0.3, 0.4) is 0 Å². The van der Waals surface area contributed by atoms with Crippen molar-refractivity contribution in [2.24, 2.45) is 0 Å². The van der Waals surface area contributed by atoms with Gasteiger partial charge in [-0.05, 0) is 19.1 Å². The summed E-state index contributed by atoms with van der Waals surface area (Å²) < 4.78 is 8.90. The Morgan fingerprint density at radius 3 is 2.27 bits per heavy atom. The van der Waals surface area contributed by atoms with E-state index >= 15 is 0 Å². The van der Waals surface area contributed by atoms with E-state index in [9.17, 15) is 9.59 Å². The van der Waals surface area contributed by atoms with Crippen LogP contribution in [0.4, 0.5) is 0 Å². The van der Waals surface area contributed by atoms with Gasteiger partial charge >= 0.3 is 11.9 Å². The Labute approximate surface area is 94.5 Å². The first kappa shape index (κ1) is 16.0. The fourth-order valence-electron chi connectivity index (χ4n) is 0.604. The molecule has 0 aliphatic heterocycles. The van der Waals surface area contributed by atoms with E-state index in [-0.39, 0.29) is 25.2 Å². The lowest BCUT2D eigenvalue weighted by molar-refractivity contribution is -0.140. The lowest BCUT2D eigenvalue weighted by Crippen LogP contribution is -1.95. The molecule has 0 atom stereocenters. The molecule has 1 aromatic heterocycles. The molecule has 5 nitrogen and oxygen atoms in total. The maximum Gasteiger partial charge on any atom is 0.371 e. The van der Waals surface area contributed by atoms with Gasteiger partial charge in [-0.3, -0.25) is 4.79 Å². The Bertz CT molecular complexity index is 281. The monoisotopic (exact) mass is 234 g/mol. The smallest absolute Gasteiger partial charge is 0.371 e. The van der Waals surface area contributed by atoms with Crippen LogP contribution < -0.4 is 0 Å². The molecule has 0 saturated carbocycles. The zero-order valence-corrected chi connectivity index (χ0v) is 9.52. The number of carbonyl (C=O) groups excluding carboxylic acids is 1. The molecule has 6 heteroatoms. The third kappa shape index (κ3) is 8.89. The summed E-state index contributed by atoms with van der Waals surface area (Å²) in [5.41, 5.74) is 0. The van der Waals surface area contributed by atoms with Gasteiger partial charge in [0.25, 0.3) is 0 Å². The van der Waals surface area contributed by atoms with Gasteiger partial charge in [0.15, 0.2) is 0 Å². The number of hydrogen-bond donors (Lipinski definition) is 1. The third-order valence-electron chi connectivity index (χ3n) is 1.08. The first-order chi connectivity index (χ1) is 6.57. The molecular formula is C9H14O5S. The van der Waals surface area contributed by atoms with Gasteiger partial charge < -0.3 is 14.3 Å². The molecule has 0 unspecified atom stereocenters. The first-order valence-electron chi connectivity index (χ1n) is 3.98. The zero-order valence-electron chi connectivity index (χ0n) is 8.52. The first-order valence-corrected chi connectivity index (χ1v) is 3.98. The predicted molar refractivity (Wildman–Crippen MR) is 58.4 cm³/mol. The number of esters is 1. The summed E-state index contributed by atoms with van der Waals surface area (Å²) in [6.07, 6.45) is 1.32. The van der Waals surface area contributed by atoms with Gasteiger partial charge in [0.2, 0.25) is 5.76 Å². The lowest BCUT2D eigenvalue weighted by Gasteiger charge is -1.89. The number of ether oxygens (including phenoxy) is 1. The molecule has 0 bridgehead atoms. The molecule has 0 amide bonds. The fraction of sp³-hybridized carbons (Fsp3) is 0.333. The van der Waals surface area contributed by atoms with Crippen LogP contribution in [0.1, 0.15) is 24.4 Å². The quantitative estimate of drug-likeness (QED) is 0.787. The molecule has 0 spiro atoms. The zero-order chi connectivity index (χ0) is 11.0. The van der Waals surface area contributed by atoms with Crippen molar-refractivity contribution in [3.8, 4) is 0 Å². The van der Waals surface area contributed by atoms with Crippen molar-refractivity contribution in [2.45, 2.75) is 13.8 Å². The van der Waals surface area contributed by atoms with E-state index in [0.29, 0.717) is 6.61 Å². The minimum absolute atomic E-state index is 0. The molecule has 15 heavy (non-hydrogen) atoms. The van der Waals surface area contributed by atoms with E-state index in [4.69, 9.17) is 5.11 Å². The van der Waals surface area contributed by atoms with Crippen LogP contribution in [0, 0.1) is 0 Å². The second-order valence-electron chi connectivity index (χ2n) is 2.21. The van der Waals surface area contributed by atoms with Gasteiger partial charge in [-0.2, -0.15) is 13.5 Å². The normalized spacial score (nSPS) is 7.87. The summed E-state index contributed by atoms with van der Waals surface area (Å²) in [7, 11) is 0. The number of furan rings is 1. The van der Waals surface area contributed by atoms with E-state index in [2.05, 4.69) is 9.15 Å². The van der Waals surface area contributed by atoms with E-state index in [1.165, 1.54) is 25.3 Å². The molecule has 1 heterocycles. The Morgan fingerprint density at radius 1 is 1.53 bits per heavy atom. The van der Waals surface area contributed by atoms with E-state index in [0.717, 1.165) is 0 Å². The van der Waals surface area contributed by atoms with E-state index < -0.39 is 5.97 Å². The van der Waals surface area contributed by atoms with Crippen molar-refractivity contribution >= 4 is 25.4 Å². The van der Waals surface area contributed by atoms with Crippen molar-refractivity contribution in [3.05, 3.63) is 24.2 Å². The van der Waals surface area contributed by atoms with Gasteiger partial charge in [0.1, 0.15) is 0 Å². The van der Waals surface area contributed by atoms with E-state index in [1.807, 2.05) is 0 Å². The van der Waals surface area contributed by atoms with Gasteiger partial charge in [0, 0.05) is 6.92 Å². The number of hydrogen-bond acceptors (Lipinski definition) is 4. The Hall–Kier alpha value is -1.43. The summed E-state index contributed by atoms with van der Waals surface area (Å²) in [5, 5.41) is 8.18. The van der Waals surface area contributed by atoms with Crippen LogP contribution in [-0.2, 0) is 9.53 Å². The average molecular weight is 234 g/mol. The van der Waals surface area contributed by atoms with Crippen LogP contribution in [0.25, 0.3) is 0 Å². The number of carboxylic acids is 1. The Kier molecular flexibility index (Phi) is 9.76. The lowest BCUT2D eigenvalue weighted by atomic mass is 10.5. The highest BCUT2D eigenvalue weighted by Crippen LogP contribution is 1.97. The van der Waals surface area contributed by atoms with Gasteiger partial charge in [-0.15, -0.1) is 0 Å². The van der Waals surface area contributed by atoms with Crippen LogP contribution in [0.2, 0.25) is 0 Å². The Balaban J connectivity index is 0. The summed E-state index contributed by atoms with van der Waals surface area (Å²) in [6, 6.07) is 2.92.